The van der Waals surface area contributed by atoms with Crippen molar-refractivity contribution in [3.8, 4) is 5.75 Å². The Bertz CT molecular complexity index is 1250. The highest BCUT2D eigenvalue weighted by molar-refractivity contribution is 6.32. The second-order valence-corrected chi connectivity index (χ2v) is 6.81. The molecule has 9 heteroatoms. The fourth-order valence-corrected chi connectivity index (χ4v) is 3.21. The van der Waals surface area contributed by atoms with Crippen molar-refractivity contribution in [3.63, 3.8) is 0 Å². The average molecular weight is 424 g/mol. The third-order valence-electron chi connectivity index (χ3n) is 4.48. The van der Waals surface area contributed by atoms with Crippen molar-refractivity contribution in [2.45, 2.75) is 13.1 Å². The van der Waals surface area contributed by atoms with Crippen LogP contribution in [0.4, 0.5) is 0 Å². The van der Waals surface area contributed by atoms with E-state index < -0.39 is 5.91 Å². The summed E-state index contributed by atoms with van der Waals surface area (Å²) in [6.07, 6.45) is 1.82. The van der Waals surface area contributed by atoms with Gasteiger partial charge in [0.2, 0.25) is 0 Å². The van der Waals surface area contributed by atoms with Crippen LogP contribution in [0.3, 0.4) is 0 Å². The maximum Gasteiger partial charge on any atom is 0.268 e. The summed E-state index contributed by atoms with van der Waals surface area (Å²) in [6, 6.07) is 17.2. The molecule has 4 aromatic rings. The van der Waals surface area contributed by atoms with Gasteiger partial charge in [0, 0.05) is 12.3 Å². The molecular formula is C21H18ClN5O3. The van der Waals surface area contributed by atoms with Gasteiger partial charge in [-0.2, -0.15) is 0 Å². The molecule has 0 saturated heterocycles. The van der Waals surface area contributed by atoms with Gasteiger partial charge < -0.3 is 14.6 Å². The number of benzene rings is 1. The molecule has 8 nitrogen and oxygen atoms in total. The van der Waals surface area contributed by atoms with Crippen molar-refractivity contribution < 1.29 is 9.53 Å². The fraction of sp³-hybridized carbons (Fsp3) is 0.143. The second-order valence-electron chi connectivity index (χ2n) is 6.41. The number of nitrogens with zero attached hydrogens (tertiary/aromatic N) is 4. The van der Waals surface area contributed by atoms with Crippen LogP contribution in [0, 0.1) is 0 Å². The fourth-order valence-electron chi connectivity index (χ4n) is 3.02. The molecule has 0 bridgehead atoms. The van der Waals surface area contributed by atoms with Crippen LogP contribution in [-0.2, 0) is 13.1 Å². The first-order chi connectivity index (χ1) is 14.6. The number of carbonyl (C=O) groups excluding carboxylic acids is 1. The number of para-hydroxylation sites is 1. The summed E-state index contributed by atoms with van der Waals surface area (Å²) in [5.74, 6) is 0.719. The van der Waals surface area contributed by atoms with Crippen LogP contribution in [0.1, 0.15) is 16.3 Å². The molecule has 0 atom stereocenters. The monoisotopic (exact) mass is 423 g/mol. The van der Waals surface area contributed by atoms with Crippen molar-refractivity contribution >= 4 is 23.2 Å². The lowest BCUT2D eigenvalue weighted by Crippen LogP contribution is -2.33. The second kappa shape index (κ2) is 8.79. The maximum atomic E-state index is 12.7. The Labute approximate surface area is 176 Å². The summed E-state index contributed by atoms with van der Waals surface area (Å²) in [6.45, 7) is 0.549. The number of carbonyl (C=O) groups is 1. The zero-order valence-corrected chi connectivity index (χ0v) is 16.6. The van der Waals surface area contributed by atoms with E-state index in [1.165, 1.54) is 10.6 Å². The standard InChI is InChI=1S/C21H18ClN5O3/c22-15-6-1-2-8-17(15)30-13-12-26-16(7-5-10-20(26)28)21(29)23-14-19-25-24-18-9-3-4-11-27(18)19/h1-11H,12-14H2,(H,23,29). The molecule has 1 N–H and O–H groups in total. The lowest BCUT2D eigenvalue weighted by molar-refractivity contribution is 0.0938. The summed E-state index contributed by atoms with van der Waals surface area (Å²) in [7, 11) is 0. The number of hydrogen-bond acceptors (Lipinski definition) is 5. The topological polar surface area (TPSA) is 90.5 Å². The minimum Gasteiger partial charge on any atom is -0.490 e. The van der Waals surface area contributed by atoms with Gasteiger partial charge >= 0.3 is 0 Å². The van der Waals surface area contributed by atoms with Crippen LogP contribution in [-0.4, -0.2) is 31.7 Å². The molecule has 0 unspecified atom stereocenters. The highest BCUT2D eigenvalue weighted by atomic mass is 35.5. The number of amides is 1. The van der Waals surface area contributed by atoms with Crippen molar-refractivity contribution in [1.29, 1.82) is 0 Å². The van der Waals surface area contributed by atoms with E-state index in [1.54, 1.807) is 34.7 Å². The Hall–Kier alpha value is -3.65. The average Bonchev–Trinajstić information content (AvgIpc) is 3.17. The predicted octanol–water partition coefficient (Wildman–Crippen LogP) is 2.55. The molecule has 1 amide bonds. The van der Waals surface area contributed by atoms with Crippen LogP contribution in [0.15, 0.2) is 71.7 Å². The summed E-state index contributed by atoms with van der Waals surface area (Å²) < 4.78 is 8.81. The van der Waals surface area contributed by atoms with Gasteiger partial charge in [-0.15, -0.1) is 10.2 Å². The van der Waals surface area contributed by atoms with E-state index in [2.05, 4.69) is 15.5 Å². The number of fused-ring (bicyclic) bond motifs is 1. The first-order valence-corrected chi connectivity index (χ1v) is 9.65. The lowest BCUT2D eigenvalue weighted by atomic mass is 10.3. The van der Waals surface area contributed by atoms with E-state index >= 15 is 0 Å². The van der Waals surface area contributed by atoms with Gasteiger partial charge in [0.05, 0.1) is 18.1 Å². The van der Waals surface area contributed by atoms with E-state index in [9.17, 15) is 9.59 Å². The van der Waals surface area contributed by atoms with Crippen molar-refractivity contribution in [1.82, 2.24) is 24.5 Å². The molecule has 152 valence electrons. The number of ether oxygens (including phenoxy) is 1. The molecule has 1 aromatic carbocycles. The van der Waals surface area contributed by atoms with Gasteiger partial charge in [0.15, 0.2) is 11.5 Å². The van der Waals surface area contributed by atoms with Crippen LogP contribution < -0.4 is 15.6 Å². The summed E-state index contributed by atoms with van der Waals surface area (Å²) in [4.78, 5) is 25.1. The molecule has 0 fully saturated rings. The third kappa shape index (κ3) is 4.18. The van der Waals surface area contributed by atoms with Gasteiger partial charge in [-0.25, -0.2) is 0 Å². The zero-order valence-electron chi connectivity index (χ0n) is 15.9. The first-order valence-electron chi connectivity index (χ1n) is 9.27. The number of rotatable bonds is 7. The van der Waals surface area contributed by atoms with Crippen LogP contribution in [0.25, 0.3) is 5.65 Å². The number of hydrogen-bond donors (Lipinski definition) is 1. The molecule has 4 rings (SSSR count). The lowest BCUT2D eigenvalue weighted by Gasteiger charge is -2.13. The van der Waals surface area contributed by atoms with Gasteiger partial charge in [0.1, 0.15) is 18.1 Å². The quantitative estimate of drug-likeness (QED) is 0.493. The third-order valence-corrected chi connectivity index (χ3v) is 4.80. The van der Waals surface area contributed by atoms with E-state index in [0.29, 0.717) is 22.2 Å². The number of aromatic nitrogens is 4. The Morgan fingerprint density at radius 1 is 1.03 bits per heavy atom. The molecule has 0 aliphatic heterocycles. The molecular weight excluding hydrogens is 406 g/mol. The molecule has 0 saturated carbocycles. The highest BCUT2D eigenvalue weighted by Gasteiger charge is 2.14. The molecule has 30 heavy (non-hydrogen) atoms. The van der Waals surface area contributed by atoms with Crippen LogP contribution >= 0.6 is 11.6 Å². The van der Waals surface area contributed by atoms with Crippen molar-refractivity contribution in [3.05, 3.63) is 93.8 Å². The van der Waals surface area contributed by atoms with Gasteiger partial charge in [0.25, 0.3) is 11.5 Å². The number of pyridine rings is 2. The summed E-state index contributed by atoms with van der Waals surface area (Å²) in [5.41, 5.74) is 0.632. The van der Waals surface area contributed by atoms with Gasteiger partial charge in [-0.05, 0) is 30.3 Å². The Kier molecular flexibility index (Phi) is 5.76. The largest absolute Gasteiger partial charge is 0.490 e. The molecule has 0 spiro atoms. The minimum absolute atomic E-state index is 0.170. The van der Waals surface area contributed by atoms with Crippen molar-refractivity contribution in [2.75, 3.05) is 6.61 Å². The summed E-state index contributed by atoms with van der Waals surface area (Å²) >= 11 is 6.08. The highest BCUT2D eigenvalue weighted by Crippen LogP contribution is 2.22. The molecule has 3 heterocycles. The Morgan fingerprint density at radius 2 is 1.87 bits per heavy atom. The first kappa shape index (κ1) is 19.7. The van der Waals surface area contributed by atoms with E-state index in [0.717, 1.165) is 0 Å². The van der Waals surface area contributed by atoms with Crippen LogP contribution in [0.2, 0.25) is 5.02 Å². The summed E-state index contributed by atoms with van der Waals surface area (Å²) in [5, 5.41) is 11.4. The molecule has 0 aliphatic rings. The van der Waals surface area contributed by atoms with Gasteiger partial charge in [-0.3, -0.25) is 14.0 Å². The predicted molar refractivity (Wildman–Crippen MR) is 112 cm³/mol. The SMILES string of the molecule is O=C(NCc1nnc2ccccn12)c1cccc(=O)n1CCOc1ccccc1Cl. The normalized spacial score (nSPS) is 10.8. The Balaban J connectivity index is 1.45. The Morgan fingerprint density at radius 3 is 2.73 bits per heavy atom. The smallest absolute Gasteiger partial charge is 0.268 e. The minimum atomic E-state index is -0.391. The van der Waals surface area contributed by atoms with Crippen LogP contribution in [0.5, 0.6) is 5.75 Å². The van der Waals surface area contributed by atoms with E-state index in [1.807, 2.05) is 30.5 Å². The maximum absolute atomic E-state index is 12.7. The number of nitrogens with one attached hydrogen (secondary N) is 1. The van der Waals surface area contributed by atoms with Gasteiger partial charge in [-0.1, -0.05) is 35.9 Å². The van der Waals surface area contributed by atoms with Crippen molar-refractivity contribution in [2.24, 2.45) is 0 Å². The van der Waals surface area contributed by atoms with E-state index in [-0.39, 0.29) is 30.9 Å². The number of halogens is 1. The molecule has 0 aliphatic carbocycles. The van der Waals surface area contributed by atoms with E-state index in [4.69, 9.17) is 16.3 Å². The molecule has 0 radical (unpaired) electrons. The molecule has 3 aromatic heterocycles. The zero-order chi connectivity index (χ0) is 20.9.